The van der Waals surface area contributed by atoms with Crippen LogP contribution < -0.4 is 9.64 Å². The lowest BCUT2D eigenvalue weighted by Crippen LogP contribution is -2.21. The molecule has 0 N–H and O–H groups in total. The molecule has 1 aliphatic heterocycles. The molecule has 100 valence electrons. The molecule has 1 saturated heterocycles. The van der Waals surface area contributed by atoms with Crippen molar-refractivity contribution in [1.82, 2.24) is 9.97 Å². The van der Waals surface area contributed by atoms with Gasteiger partial charge in [0, 0.05) is 24.5 Å². The van der Waals surface area contributed by atoms with Crippen LogP contribution in [0.4, 0.5) is 5.82 Å². The molecule has 1 aromatic rings. The third-order valence-corrected chi connectivity index (χ3v) is 3.67. The van der Waals surface area contributed by atoms with Crippen LogP contribution in [0.2, 0.25) is 0 Å². The van der Waals surface area contributed by atoms with Gasteiger partial charge in [-0.05, 0) is 25.2 Å². The maximum atomic E-state index is 5.54. The largest absolute Gasteiger partial charge is 0.478 e. The van der Waals surface area contributed by atoms with Gasteiger partial charge in [0.2, 0.25) is 5.88 Å². The second-order valence-corrected chi connectivity index (χ2v) is 5.43. The highest BCUT2D eigenvalue weighted by Crippen LogP contribution is 2.25. The Morgan fingerprint density at radius 3 is 3.17 bits per heavy atom. The second kappa shape index (κ2) is 6.92. The fourth-order valence-corrected chi connectivity index (χ4v) is 2.87. The van der Waals surface area contributed by atoms with Gasteiger partial charge in [0.1, 0.15) is 12.1 Å². The first kappa shape index (κ1) is 13.6. The maximum Gasteiger partial charge on any atom is 0.218 e. The second-order valence-electron chi connectivity index (χ2n) is 4.64. The SMILES string of the molecule is CCCOc1cc(N2CCC(CCBr)C2)ncn1. The summed E-state index contributed by atoms with van der Waals surface area (Å²) < 4.78 is 5.54. The predicted octanol–water partition coefficient (Wildman–Crippen LogP) is 2.88. The molecule has 0 amide bonds. The van der Waals surface area contributed by atoms with Crippen LogP contribution >= 0.6 is 15.9 Å². The van der Waals surface area contributed by atoms with Crippen LogP contribution in [0.15, 0.2) is 12.4 Å². The summed E-state index contributed by atoms with van der Waals surface area (Å²) in [6.45, 7) is 4.98. The van der Waals surface area contributed by atoms with Gasteiger partial charge in [0.05, 0.1) is 6.61 Å². The lowest BCUT2D eigenvalue weighted by atomic mass is 10.1. The standard InChI is InChI=1S/C13H20BrN3O/c1-2-7-18-13-8-12(15-10-16-13)17-6-4-11(9-17)3-5-14/h8,10-11H,2-7,9H2,1H3. The highest BCUT2D eigenvalue weighted by atomic mass is 79.9. The number of hydrogen-bond acceptors (Lipinski definition) is 4. The maximum absolute atomic E-state index is 5.54. The molecule has 1 unspecified atom stereocenters. The van der Waals surface area contributed by atoms with Gasteiger partial charge >= 0.3 is 0 Å². The molecule has 1 fully saturated rings. The molecule has 0 bridgehead atoms. The minimum absolute atomic E-state index is 0.686. The number of anilines is 1. The Morgan fingerprint density at radius 1 is 1.50 bits per heavy atom. The van der Waals surface area contributed by atoms with Crippen LogP contribution in [-0.4, -0.2) is 35.0 Å². The van der Waals surface area contributed by atoms with E-state index >= 15 is 0 Å². The number of nitrogens with zero attached hydrogens (tertiary/aromatic N) is 3. The van der Waals surface area contributed by atoms with Crippen LogP contribution in [0.1, 0.15) is 26.2 Å². The molecule has 18 heavy (non-hydrogen) atoms. The van der Waals surface area contributed by atoms with Crippen molar-refractivity contribution in [2.45, 2.75) is 26.2 Å². The Balaban J connectivity index is 1.96. The van der Waals surface area contributed by atoms with Gasteiger partial charge in [-0.15, -0.1) is 0 Å². The number of halogens is 1. The number of alkyl halides is 1. The minimum Gasteiger partial charge on any atom is -0.478 e. The number of rotatable bonds is 6. The van der Waals surface area contributed by atoms with Crippen molar-refractivity contribution in [3.63, 3.8) is 0 Å². The van der Waals surface area contributed by atoms with Gasteiger partial charge < -0.3 is 9.64 Å². The van der Waals surface area contributed by atoms with E-state index in [0.717, 1.165) is 36.6 Å². The van der Waals surface area contributed by atoms with Crippen molar-refractivity contribution in [2.24, 2.45) is 5.92 Å². The Labute approximate surface area is 117 Å². The summed E-state index contributed by atoms with van der Waals surface area (Å²) in [6, 6.07) is 1.95. The van der Waals surface area contributed by atoms with E-state index in [-0.39, 0.29) is 0 Å². The van der Waals surface area contributed by atoms with Crippen LogP contribution in [0.3, 0.4) is 0 Å². The van der Waals surface area contributed by atoms with Crippen LogP contribution in [0.5, 0.6) is 5.88 Å². The molecule has 2 heterocycles. The molecule has 0 aromatic carbocycles. The smallest absolute Gasteiger partial charge is 0.218 e. The van der Waals surface area contributed by atoms with E-state index < -0.39 is 0 Å². The van der Waals surface area contributed by atoms with Crippen LogP contribution in [0.25, 0.3) is 0 Å². The van der Waals surface area contributed by atoms with Gasteiger partial charge in [0.15, 0.2) is 0 Å². The van der Waals surface area contributed by atoms with Gasteiger partial charge in [0.25, 0.3) is 0 Å². The Bertz CT molecular complexity index is 375. The zero-order valence-corrected chi connectivity index (χ0v) is 12.4. The van der Waals surface area contributed by atoms with E-state index in [1.807, 2.05) is 6.07 Å². The molecular formula is C13H20BrN3O. The average Bonchev–Trinajstić information content (AvgIpc) is 2.86. The topological polar surface area (TPSA) is 38.2 Å². The van der Waals surface area contributed by atoms with Crippen molar-refractivity contribution < 1.29 is 4.74 Å². The zero-order valence-electron chi connectivity index (χ0n) is 10.8. The number of aromatic nitrogens is 2. The third-order valence-electron chi connectivity index (χ3n) is 3.21. The molecule has 1 aromatic heterocycles. The first-order valence-corrected chi connectivity index (χ1v) is 7.71. The van der Waals surface area contributed by atoms with E-state index in [4.69, 9.17) is 4.74 Å². The zero-order chi connectivity index (χ0) is 12.8. The fraction of sp³-hybridized carbons (Fsp3) is 0.692. The summed E-state index contributed by atoms with van der Waals surface area (Å²) in [5.74, 6) is 2.46. The van der Waals surface area contributed by atoms with Gasteiger partial charge in [-0.2, -0.15) is 0 Å². The van der Waals surface area contributed by atoms with Crippen LogP contribution in [0, 0.1) is 5.92 Å². The molecule has 1 atom stereocenters. The summed E-state index contributed by atoms with van der Waals surface area (Å²) >= 11 is 3.51. The first-order valence-electron chi connectivity index (χ1n) is 6.59. The van der Waals surface area contributed by atoms with Gasteiger partial charge in [-0.1, -0.05) is 22.9 Å². The Hall–Kier alpha value is -0.840. The molecule has 5 heteroatoms. The fourth-order valence-electron chi connectivity index (χ4n) is 2.22. The van der Waals surface area contributed by atoms with E-state index in [1.165, 1.54) is 12.8 Å². The summed E-state index contributed by atoms with van der Waals surface area (Å²) in [7, 11) is 0. The average molecular weight is 314 g/mol. The summed E-state index contributed by atoms with van der Waals surface area (Å²) in [4.78, 5) is 10.8. The summed E-state index contributed by atoms with van der Waals surface area (Å²) in [5, 5.41) is 1.08. The van der Waals surface area contributed by atoms with Gasteiger partial charge in [-0.3, -0.25) is 0 Å². The summed E-state index contributed by atoms with van der Waals surface area (Å²) in [5.41, 5.74) is 0. The van der Waals surface area contributed by atoms with E-state index in [1.54, 1.807) is 6.33 Å². The molecular weight excluding hydrogens is 294 g/mol. The lowest BCUT2D eigenvalue weighted by Gasteiger charge is -2.17. The van der Waals surface area contributed by atoms with Crippen LogP contribution in [-0.2, 0) is 0 Å². The van der Waals surface area contributed by atoms with Crippen molar-refractivity contribution in [3.8, 4) is 5.88 Å². The molecule has 1 aliphatic rings. The molecule has 2 rings (SSSR count). The molecule has 0 saturated carbocycles. The van der Waals surface area contributed by atoms with Gasteiger partial charge in [-0.25, -0.2) is 9.97 Å². The van der Waals surface area contributed by atoms with E-state index in [0.29, 0.717) is 12.5 Å². The quantitative estimate of drug-likeness (QED) is 0.757. The predicted molar refractivity (Wildman–Crippen MR) is 76.5 cm³/mol. The third kappa shape index (κ3) is 3.57. The Kier molecular flexibility index (Phi) is 5.23. The number of ether oxygens (including phenoxy) is 1. The first-order chi connectivity index (χ1) is 8.83. The molecule has 0 spiro atoms. The highest BCUT2D eigenvalue weighted by molar-refractivity contribution is 9.09. The molecule has 4 nitrogen and oxygen atoms in total. The van der Waals surface area contributed by atoms with Crippen molar-refractivity contribution in [1.29, 1.82) is 0 Å². The van der Waals surface area contributed by atoms with E-state index in [9.17, 15) is 0 Å². The monoisotopic (exact) mass is 313 g/mol. The normalized spacial score (nSPS) is 19.2. The number of hydrogen-bond donors (Lipinski definition) is 0. The van der Waals surface area contributed by atoms with Crippen molar-refractivity contribution >= 4 is 21.7 Å². The van der Waals surface area contributed by atoms with Crippen molar-refractivity contribution in [2.75, 3.05) is 29.9 Å². The molecule has 0 radical (unpaired) electrons. The Morgan fingerprint density at radius 2 is 2.39 bits per heavy atom. The van der Waals surface area contributed by atoms with Crippen molar-refractivity contribution in [3.05, 3.63) is 12.4 Å². The van der Waals surface area contributed by atoms with E-state index in [2.05, 4.69) is 37.7 Å². The minimum atomic E-state index is 0.686. The molecule has 0 aliphatic carbocycles. The highest BCUT2D eigenvalue weighted by Gasteiger charge is 2.23. The lowest BCUT2D eigenvalue weighted by molar-refractivity contribution is 0.304. The summed E-state index contributed by atoms with van der Waals surface area (Å²) in [6.07, 6.45) is 5.08.